The van der Waals surface area contributed by atoms with Crippen LogP contribution in [0.4, 0.5) is 11.4 Å². The van der Waals surface area contributed by atoms with E-state index >= 15 is 0 Å². The van der Waals surface area contributed by atoms with E-state index in [1.807, 2.05) is 0 Å². The Morgan fingerprint density at radius 2 is 1.07 bits per heavy atom. The number of anilines is 2. The second-order valence-electron chi connectivity index (χ2n) is 7.04. The van der Waals surface area contributed by atoms with E-state index in [1.165, 1.54) is 33.6 Å². The smallest absolute Gasteiger partial charge is 1.00 e. The van der Waals surface area contributed by atoms with Crippen LogP contribution in [0, 0.1) is 27.7 Å². The Balaban J connectivity index is 0. The predicted octanol–water partition coefficient (Wildman–Crippen LogP) is -1.23. The Morgan fingerprint density at radius 1 is 0.679 bits per heavy atom. The van der Waals surface area contributed by atoms with Gasteiger partial charge in [0.1, 0.15) is 0 Å². The second kappa shape index (κ2) is 15.0. The monoisotopic (exact) mass is 468 g/mol. The van der Waals surface area contributed by atoms with Gasteiger partial charge in [0.15, 0.2) is 0 Å². The quantitative estimate of drug-likeness (QED) is 0.451. The molecule has 0 saturated heterocycles. The fourth-order valence-corrected chi connectivity index (χ4v) is 3.23. The number of hydrogen-bond acceptors (Lipinski definition) is 3. The van der Waals surface area contributed by atoms with E-state index in [9.17, 15) is 0 Å². The van der Waals surface area contributed by atoms with Crippen molar-refractivity contribution in [3.05, 3.63) is 58.7 Å². The molecule has 0 aliphatic rings. The van der Waals surface area contributed by atoms with E-state index in [-0.39, 0.29) is 41.6 Å². The molecule has 6 heteroatoms. The summed E-state index contributed by atoms with van der Waals surface area (Å²) in [6, 6.07) is 12.9. The maximum Gasteiger partial charge on any atom is 2.00 e. The molecule has 2 rings (SSSR count). The van der Waals surface area contributed by atoms with Crippen LogP contribution in [-0.4, -0.2) is 38.1 Å². The van der Waals surface area contributed by atoms with Gasteiger partial charge in [-0.2, -0.15) is 0 Å². The number of nitrogens with one attached hydrogen (secondary N) is 2. The van der Waals surface area contributed by atoms with Crippen LogP contribution in [0.5, 0.6) is 0 Å². The van der Waals surface area contributed by atoms with Crippen molar-refractivity contribution < 1.29 is 41.6 Å². The van der Waals surface area contributed by atoms with E-state index in [4.69, 9.17) is 0 Å². The van der Waals surface area contributed by atoms with Gasteiger partial charge in [0.05, 0.1) is 0 Å². The van der Waals surface area contributed by atoms with Crippen molar-refractivity contribution in [1.82, 2.24) is 4.90 Å². The summed E-state index contributed by atoms with van der Waals surface area (Å²) >= 11 is 0. The van der Waals surface area contributed by atoms with Crippen LogP contribution < -0.4 is 35.4 Å². The minimum atomic E-state index is 0. The van der Waals surface area contributed by atoms with Gasteiger partial charge in [-0.05, 0) is 70.0 Å². The molecule has 0 aromatic heterocycles. The fourth-order valence-electron chi connectivity index (χ4n) is 3.23. The summed E-state index contributed by atoms with van der Waals surface area (Å²) in [6.07, 6.45) is 1.15. The number of hydrogen-bond donors (Lipinski definition) is 2. The molecule has 2 aromatic carbocycles. The zero-order chi connectivity index (χ0) is 18.2. The molecule has 28 heavy (non-hydrogen) atoms. The first-order valence-corrected chi connectivity index (χ1v) is 9.27. The second-order valence-corrected chi connectivity index (χ2v) is 7.04. The summed E-state index contributed by atoms with van der Waals surface area (Å²) in [7, 11) is 2.20. The summed E-state index contributed by atoms with van der Waals surface area (Å²) in [5.41, 5.74) is 7.87. The van der Waals surface area contributed by atoms with Crippen LogP contribution in [0.1, 0.15) is 28.7 Å². The average Bonchev–Trinajstić information content (AvgIpc) is 2.56. The van der Waals surface area contributed by atoms with E-state index in [2.05, 4.69) is 86.7 Å². The van der Waals surface area contributed by atoms with Gasteiger partial charge in [0, 0.05) is 31.0 Å². The number of benzene rings is 2. The minimum Gasteiger partial charge on any atom is -1.00 e. The number of nitrogens with zero attached hydrogens (tertiary/aromatic N) is 1. The van der Waals surface area contributed by atoms with Crippen molar-refractivity contribution in [2.45, 2.75) is 34.1 Å². The predicted molar refractivity (Wildman–Crippen MR) is 111 cm³/mol. The SMILES string of the molecule is Cc1cccc(C)c1NCCCN(C)CCNc1c(C)cccc1C.[Cl-].[Cl-].[Co+2]. The summed E-state index contributed by atoms with van der Waals surface area (Å²) in [4.78, 5) is 2.40. The maximum atomic E-state index is 3.59. The Labute approximate surface area is 194 Å². The number of para-hydroxylation sites is 2. The summed E-state index contributed by atoms with van der Waals surface area (Å²) in [5.74, 6) is 0. The normalized spacial score (nSPS) is 9.79. The third-order valence-corrected chi connectivity index (χ3v) is 4.78. The molecular formula is C22H33Cl2CoN3. The molecule has 0 spiro atoms. The number of aryl methyl sites for hydroxylation is 4. The zero-order valence-electron chi connectivity index (χ0n) is 17.5. The molecule has 2 N–H and O–H groups in total. The first-order valence-electron chi connectivity index (χ1n) is 9.27. The van der Waals surface area contributed by atoms with Crippen molar-refractivity contribution in [3.63, 3.8) is 0 Å². The number of halogens is 2. The van der Waals surface area contributed by atoms with Crippen LogP contribution in [0.2, 0.25) is 0 Å². The van der Waals surface area contributed by atoms with Crippen LogP contribution in [0.3, 0.4) is 0 Å². The van der Waals surface area contributed by atoms with Crippen molar-refractivity contribution in [1.29, 1.82) is 0 Å². The van der Waals surface area contributed by atoms with E-state index in [0.29, 0.717) is 0 Å². The fraction of sp³-hybridized carbons (Fsp3) is 0.455. The largest absolute Gasteiger partial charge is 2.00 e. The molecular weight excluding hydrogens is 436 g/mol. The molecule has 0 atom stereocenters. The van der Waals surface area contributed by atoms with Gasteiger partial charge in [-0.3, -0.25) is 0 Å². The maximum absolute atomic E-state index is 3.59. The number of rotatable bonds is 9. The summed E-state index contributed by atoms with van der Waals surface area (Å²) < 4.78 is 0. The van der Waals surface area contributed by atoms with Crippen molar-refractivity contribution in [2.75, 3.05) is 43.9 Å². The Bertz CT molecular complexity index is 655. The standard InChI is InChI=1S/C22H33N3.2ClH.Co/c1-17-9-6-10-18(2)21(17)23-13-8-15-25(5)16-14-24-22-19(3)11-7-12-20(22)4;;;/h6-7,9-12,23-24H,8,13-16H2,1-5H3;2*1H;/q;;;+2/p-2. The Hall–Kier alpha value is -0.914. The van der Waals surface area contributed by atoms with Crippen LogP contribution in [-0.2, 0) is 16.8 Å². The van der Waals surface area contributed by atoms with E-state index in [1.54, 1.807) is 0 Å². The molecule has 0 fully saturated rings. The molecule has 0 bridgehead atoms. The Morgan fingerprint density at radius 3 is 1.50 bits per heavy atom. The van der Waals surface area contributed by atoms with Gasteiger partial charge < -0.3 is 40.3 Å². The number of likely N-dealkylation sites (N-methyl/N-ethyl adjacent to an activating group) is 1. The average molecular weight is 469 g/mol. The van der Waals surface area contributed by atoms with E-state index < -0.39 is 0 Å². The van der Waals surface area contributed by atoms with Crippen molar-refractivity contribution in [3.8, 4) is 0 Å². The molecule has 0 aliphatic heterocycles. The van der Waals surface area contributed by atoms with Crippen LogP contribution in [0.25, 0.3) is 0 Å². The van der Waals surface area contributed by atoms with Crippen LogP contribution in [0.15, 0.2) is 36.4 Å². The van der Waals surface area contributed by atoms with Crippen molar-refractivity contribution >= 4 is 11.4 Å². The molecule has 0 unspecified atom stereocenters. The molecule has 0 aliphatic carbocycles. The van der Waals surface area contributed by atoms with Gasteiger partial charge >= 0.3 is 16.8 Å². The van der Waals surface area contributed by atoms with Gasteiger partial charge in [-0.15, -0.1) is 0 Å². The summed E-state index contributed by atoms with van der Waals surface area (Å²) in [6.45, 7) is 12.8. The van der Waals surface area contributed by atoms with Gasteiger partial charge in [0.25, 0.3) is 0 Å². The molecule has 1 radical (unpaired) electrons. The minimum absolute atomic E-state index is 0. The van der Waals surface area contributed by atoms with Gasteiger partial charge in [-0.1, -0.05) is 36.4 Å². The van der Waals surface area contributed by atoms with Crippen molar-refractivity contribution in [2.24, 2.45) is 0 Å². The third-order valence-electron chi connectivity index (χ3n) is 4.78. The first kappa shape index (κ1) is 29.3. The third kappa shape index (κ3) is 9.06. The zero-order valence-corrected chi connectivity index (χ0v) is 20.1. The van der Waals surface area contributed by atoms with E-state index in [0.717, 1.165) is 32.6 Å². The molecule has 159 valence electrons. The molecule has 0 heterocycles. The van der Waals surface area contributed by atoms with Crippen LogP contribution >= 0.6 is 0 Å². The topological polar surface area (TPSA) is 27.3 Å². The van der Waals surface area contributed by atoms with Gasteiger partial charge in [-0.25, -0.2) is 0 Å². The molecule has 0 saturated carbocycles. The molecule has 3 nitrogen and oxygen atoms in total. The first-order chi connectivity index (χ1) is 12.0. The summed E-state index contributed by atoms with van der Waals surface area (Å²) in [5, 5.41) is 7.18. The Kier molecular flexibility index (Phi) is 15.7. The molecule has 2 aromatic rings. The van der Waals surface area contributed by atoms with Gasteiger partial charge in [0.2, 0.25) is 0 Å². The molecule has 0 amide bonds.